The molecule has 102 valence electrons. The number of carbonyl (C=O) groups is 1. The maximum atomic E-state index is 12.8. The van der Waals surface area contributed by atoms with Crippen LogP contribution in [-0.4, -0.2) is 24.9 Å². The Kier molecular flexibility index (Phi) is 7.35. The summed E-state index contributed by atoms with van der Waals surface area (Å²) in [6, 6.07) is 7.14. The van der Waals surface area contributed by atoms with Crippen molar-refractivity contribution in [1.29, 1.82) is 0 Å². The van der Waals surface area contributed by atoms with Gasteiger partial charge >= 0.3 is 0 Å². The molecule has 1 aromatic carbocycles. The standard InChI is InChI=1S/C11H13BrF2N2O.ClH/c12-9-4-2-1-3-8(9)5-10(17)16-7-11(13,14)6-15;/h1-4H,5-7,15H2,(H,16,17);1H. The second kappa shape index (κ2) is 7.66. The molecular formula is C11H14BrClF2N2O. The highest BCUT2D eigenvalue weighted by Crippen LogP contribution is 2.16. The molecule has 1 aromatic rings. The van der Waals surface area contributed by atoms with Gasteiger partial charge in [0.25, 0.3) is 5.92 Å². The zero-order valence-corrected chi connectivity index (χ0v) is 11.9. The lowest BCUT2D eigenvalue weighted by molar-refractivity contribution is -0.122. The smallest absolute Gasteiger partial charge is 0.277 e. The molecule has 7 heteroatoms. The zero-order valence-electron chi connectivity index (χ0n) is 9.46. The summed E-state index contributed by atoms with van der Waals surface area (Å²) >= 11 is 3.28. The van der Waals surface area contributed by atoms with Crippen LogP contribution in [0.1, 0.15) is 5.56 Å². The van der Waals surface area contributed by atoms with Crippen LogP contribution in [0.2, 0.25) is 0 Å². The third kappa shape index (κ3) is 5.75. The van der Waals surface area contributed by atoms with Crippen molar-refractivity contribution in [3.8, 4) is 0 Å². The summed E-state index contributed by atoms with van der Waals surface area (Å²) in [6.07, 6.45) is 0.0576. The summed E-state index contributed by atoms with van der Waals surface area (Å²) in [5.74, 6) is -3.51. The van der Waals surface area contributed by atoms with E-state index in [1.165, 1.54) is 0 Å². The van der Waals surface area contributed by atoms with Crippen LogP contribution in [0.3, 0.4) is 0 Å². The Morgan fingerprint density at radius 2 is 2.00 bits per heavy atom. The van der Waals surface area contributed by atoms with Crippen LogP contribution < -0.4 is 11.1 Å². The fraction of sp³-hybridized carbons (Fsp3) is 0.364. The highest BCUT2D eigenvalue weighted by molar-refractivity contribution is 9.10. The third-order valence-corrected chi connectivity index (χ3v) is 2.93. The first-order valence-electron chi connectivity index (χ1n) is 5.02. The molecular weight excluding hydrogens is 329 g/mol. The van der Waals surface area contributed by atoms with Crippen molar-refractivity contribution in [2.45, 2.75) is 12.3 Å². The molecule has 0 bridgehead atoms. The summed E-state index contributed by atoms with van der Waals surface area (Å²) in [6.45, 7) is -1.50. The molecule has 0 radical (unpaired) electrons. The largest absolute Gasteiger partial charge is 0.350 e. The van der Waals surface area contributed by atoms with E-state index in [0.29, 0.717) is 0 Å². The Morgan fingerprint density at radius 1 is 1.39 bits per heavy atom. The number of halogens is 4. The monoisotopic (exact) mass is 342 g/mol. The van der Waals surface area contributed by atoms with E-state index in [-0.39, 0.29) is 18.8 Å². The van der Waals surface area contributed by atoms with E-state index in [9.17, 15) is 13.6 Å². The molecule has 0 aromatic heterocycles. The number of hydrogen-bond donors (Lipinski definition) is 2. The molecule has 0 aliphatic carbocycles. The molecule has 0 heterocycles. The Hall–Kier alpha value is -0.720. The van der Waals surface area contributed by atoms with E-state index in [4.69, 9.17) is 5.73 Å². The molecule has 1 rings (SSSR count). The molecule has 0 aliphatic heterocycles. The predicted molar refractivity (Wildman–Crippen MR) is 72.1 cm³/mol. The lowest BCUT2D eigenvalue weighted by Crippen LogP contribution is -2.42. The van der Waals surface area contributed by atoms with Crippen LogP contribution in [0.15, 0.2) is 28.7 Å². The van der Waals surface area contributed by atoms with Gasteiger partial charge in [0, 0.05) is 4.47 Å². The van der Waals surface area contributed by atoms with Gasteiger partial charge in [-0.05, 0) is 11.6 Å². The quantitative estimate of drug-likeness (QED) is 0.860. The van der Waals surface area contributed by atoms with Gasteiger partial charge in [-0.1, -0.05) is 34.1 Å². The zero-order chi connectivity index (χ0) is 12.9. The van der Waals surface area contributed by atoms with Gasteiger partial charge in [-0.3, -0.25) is 4.79 Å². The number of benzene rings is 1. The van der Waals surface area contributed by atoms with E-state index in [0.717, 1.165) is 10.0 Å². The summed E-state index contributed by atoms with van der Waals surface area (Å²) in [5, 5.41) is 2.16. The number of nitrogens with one attached hydrogen (secondary N) is 1. The topological polar surface area (TPSA) is 55.1 Å². The van der Waals surface area contributed by atoms with E-state index < -0.39 is 24.9 Å². The molecule has 3 nitrogen and oxygen atoms in total. The minimum absolute atomic E-state index is 0. The molecule has 0 saturated carbocycles. The molecule has 0 unspecified atom stereocenters. The van der Waals surface area contributed by atoms with Gasteiger partial charge in [-0.2, -0.15) is 0 Å². The van der Waals surface area contributed by atoms with Crippen molar-refractivity contribution in [3.63, 3.8) is 0 Å². The maximum absolute atomic E-state index is 12.8. The molecule has 18 heavy (non-hydrogen) atoms. The van der Waals surface area contributed by atoms with Crippen LogP contribution in [0.4, 0.5) is 8.78 Å². The Bertz CT molecular complexity index is 404. The van der Waals surface area contributed by atoms with Crippen LogP contribution in [0.5, 0.6) is 0 Å². The fourth-order valence-corrected chi connectivity index (χ4v) is 1.60. The van der Waals surface area contributed by atoms with Crippen molar-refractivity contribution < 1.29 is 13.6 Å². The van der Waals surface area contributed by atoms with Crippen LogP contribution in [0.25, 0.3) is 0 Å². The predicted octanol–water partition coefficient (Wildman–Crippen LogP) is 2.12. The van der Waals surface area contributed by atoms with Crippen LogP contribution >= 0.6 is 28.3 Å². The molecule has 0 saturated heterocycles. The molecule has 0 spiro atoms. The van der Waals surface area contributed by atoms with Crippen molar-refractivity contribution in [2.75, 3.05) is 13.1 Å². The van der Waals surface area contributed by atoms with Gasteiger partial charge < -0.3 is 11.1 Å². The van der Waals surface area contributed by atoms with Crippen LogP contribution in [-0.2, 0) is 11.2 Å². The molecule has 1 amide bonds. The number of carbonyl (C=O) groups excluding carboxylic acids is 1. The van der Waals surface area contributed by atoms with Crippen molar-refractivity contribution >= 4 is 34.2 Å². The summed E-state index contributed by atoms with van der Waals surface area (Å²) < 4.78 is 26.3. The molecule has 0 atom stereocenters. The lowest BCUT2D eigenvalue weighted by atomic mass is 10.1. The normalized spacial score (nSPS) is 10.7. The Labute approximate surface area is 119 Å². The first-order chi connectivity index (χ1) is 7.94. The van der Waals surface area contributed by atoms with Crippen LogP contribution in [0, 0.1) is 0 Å². The highest BCUT2D eigenvalue weighted by Gasteiger charge is 2.27. The van der Waals surface area contributed by atoms with Crippen molar-refractivity contribution in [2.24, 2.45) is 5.73 Å². The Balaban J connectivity index is 0.00000289. The Morgan fingerprint density at radius 3 is 2.56 bits per heavy atom. The summed E-state index contributed by atoms with van der Waals surface area (Å²) in [5.41, 5.74) is 5.61. The highest BCUT2D eigenvalue weighted by atomic mass is 79.9. The maximum Gasteiger partial charge on any atom is 0.277 e. The number of amides is 1. The van der Waals surface area contributed by atoms with E-state index in [1.54, 1.807) is 18.2 Å². The minimum Gasteiger partial charge on any atom is -0.350 e. The van der Waals surface area contributed by atoms with Crippen molar-refractivity contribution in [3.05, 3.63) is 34.3 Å². The lowest BCUT2D eigenvalue weighted by Gasteiger charge is -2.14. The third-order valence-electron chi connectivity index (χ3n) is 2.15. The first kappa shape index (κ1) is 17.3. The van der Waals surface area contributed by atoms with E-state index >= 15 is 0 Å². The number of alkyl halides is 2. The van der Waals surface area contributed by atoms with Gasteiger partial charge in [-0.15, -0.1) is 12.4 Å². The van der Waals surface area contributed by atoms with E-state index in [2.05, 4.69) is 21.2 Å². The van der Waals surface area contributed by atoms with Gasteiger partial charge in [0.05, 0.1) is 19.5 Å². The van der Waals surface area contributed by atoms with Crippen molar-refractivity contribution in [1.82, 2.24) is 5.32 Å². The summed E-state index contributed by atoms with van der Waals surface area (Å²) in [4.78, 5) is 11.4. The molecule has 3 N–H and O–H groups in total. The minimum atomic E-state index is -3.05. The molecule has 0 fully saturated rings. The number of nitrogens with two attached hydrogens (primary N) is 1. The number of rotatable bonds is 5. The van der Waals surface area contributed by atoms with Gasteiger partial charge in [0.15, 0.2) is 0 Å². The fourth-order valence-electron chi connectivity index (χ4n) is 1.18. The van der Waals surface area contributed by atoms with Gasteiger partial charge in [0.2, 0.25) is 5.91 Å². The van der Waals surface area contributed by atoms with Gasteiger partial charge in [0.1, 0.15) is 0 Å². The second-order valence-electron chi connectivity index (χ2n) is 3.60. The number of hydrogen-bond acceptors (Lipinski definition) is 2. The van der Waals surface area contributed by atoms with E-state index in [1.807, 2.05) is 6.07 Å². The first-order valence-corrected chi connectivity index (χ1v) is 5.82. The van der Waals surface area contributed by atoms with Gasteiger partial charge in [-0.25, -0.2) is 8.78 Å². The summed E-state index contributed by atoms with van der Waals surface area (Å²) in [7, 11) is 0. The second-order valence-corrected chi connectivity index (χ2v) is 4.46. The molecule has 0 aliphatic rings. The SMILES string of the molecule is Cl.NCC(F)(F)CNC(=O)Cc1ccccc1Br. The average Bonchev–Trinajstić information content (AvgIpc) is 2.30. The average molecular weight is 344 g/mol.